The number of allylic oxidation sites excluding steroid dienone is 2. The molecule has 0 saturated heterocycles. The second kappa shape index (κ2) is 53.1. The van der Waals surface area contributed by atoms with Gasteiger partial charge in [0.2, 0.25) is 5.91 Å². The van der Waals surface area contributed by atoms with Crippen molar-refractivity contribution in [1.29, 1.82) is 0 Å². The summed E-state index contributed by atoms with van der Waals surface area (Å²) in [7, 11) is 1.32. The molecule has 0 saturated carbocycles. The lowest BCUT2D eigenvalue weighted by molar-refractivity contribution is -0.870. The van der Waals surface area contributed by atoms with Crippen LogP contribution in [-0.4, -0.2) is 68.5 Å². The van der Waals surface area contributed by atoms with Crippen LogP contribution in [0.1, 0.15) is 322 Å². The van der Waals surface area contributed by atoms with Crippen LogP contribution in [0.25, 0.3) is 0 Å². The normalized spacial score (nSPS) is 13.9. The molecule has 0 bridgehead atoms. The monoisotopic (exact) mass is 1010 g/mol. The number of rotatable bonds is 58. The molecule has 0 rings (SSSR count). The molecule has 1 amide bonds. The van der Waals surface area contributed by atoms with Crippen molar-refractivity contribution in [3.8, 4) is 0 Å². The van der Waals surface area contributed by atoms with Gasteiger partial charge in [0, 0.05) is 6.42 Å². The van der Waals surface area contributed by atoms with Crippen LogP contribution >= 0.6 is 7.82 Å². The maximum absolute atomic E-state index is 13.0. The average molecular weight is 1010 g/mol. The first-order valence-electron chi connectivity index (χ1n) is 31.0. The number of carbonyl (C=O) groups is 1. The third-order valence-electron chi connectivity index (χ3n) is 14.5. The lowest BCUT2D eigenvalue weighted by Gasteiger charge is -2.30. The van der Waals surface area contributed by atoms with Gasteiger partial charge in [0.25, 0.3) is 7.82 Å². The number of nitrogens with one attached hydrogen (secondary N) is 1. The Morgan fingerprint density at radius 1 is 0.486 bits per heavy atom. The van der Waals surface area contributed by atoms with Crippen molar-refractivity contribution in [2.24, 2.45) is 0 Å². The molecule has 0 spiro atoms. The highest BCUT2D eigenvalue weighted by atomic mass is 31.2. The number of aliphatic hydroxyl groups excluding tert-OH is 1. The molecular formula is C61H123N2O6P. The van der Waals surface area contributed by atoms with Crippen LogP contribution < -0.4 is 10.2 Å². The summed E-state index contributed by atoms with van der Waals surface area (Å²) in [6, 6.07) is -0.801. The van der Waals surface area contributed by atoms with E-state index in [9.17, 15) is 19.4 Å². The van der Waals surface area contributed by atoms with Gasteiger partial charge in [-0.25, -0.2) is 0 Å². The van der Waals surface area contributed by atoms with E-state index >= 15 is 0 Å². The summed E-state index contributed by atoms with van der Waals surface area (Å²) in [5, 5.41) is 14.0. The highest BCUT2D eigenvalue weighted by Crippen LogP contribution is 2.38. The van der Waals surface area contributed by atoms with E-state index in [1.807, 2.05) is 21.1 Å². The summed E-state index contributed by atoms with van der Waals surface area (Å²) in [6.07, 6.45) is 65.5. The van der Waals surface area contributed by atoms with Crippen LogP contribution in [0, 0.1) is 0 Å². The number of aliphatic hydroxyl groups is 1. The van der Waals surface area contributed by atoms with Gasteiger partial charge in [0.15, 0.2) is 0 Å². The van der Waals surface area contributed by atoms with Crippen molar-refractivity contribution < 1.29 is 32.9 Å². The summed E-state index contributed by atoms with van der Waals surface area (Å²) in [6.45, 7) is 4.76. The van der Waals surface area contributed by atoms with E-state index in [4.69, 9.17) is 9.05 Å². The predicted octanol–water partition coefficient (Wildman–Crippen LogP) is 18.4. The zero-order valence-corrected chi connectivity index (χ0v) is 48.6. The number of nitrogens with zero attached hydrogens (tertiary/aromatic N) is 1. The van der Waals surface area contributed by atoms with E-state index in [1.165, 1.54) is 257 Å². The molecule has 0 aromatic heterocycles. The molecule has 418 valence electrons. The minimum absolute atomic E-state index is 0.0138. The number of hydrogen-bond donors (Lipinski definition) is 2. The molecule has 0 radical (unpaired) electrons. The Bertz CT molecular complexity index is 1150. The van der Waals surface area contributed by atoms with Gasteiger partial charge in [-0.3, -0.25) is 9.36 Å². The second-order valence-corrected chi connectivity index (χ2v) is 24.2. The summed E-state index contributed by atoms with van der Waals surface area (Å²) in [4.78, 5) is 25.5. The van der Waals surface area contributed by atoms with Crippen molar-refractivity contribution in [3.05, 3.63) is 12.2 Å². The SMILES string of the molecule is CCCCCCCC/C=C\CCCCCCCCCC(=O)NC(COP(=O)([O-])OCC[N+](C)(C)C)C(O)CCCCCCCCCCCCCCCCCCCCCCCCCCCCCCCCC. The van der Waals surface area contributed by atoms with E-state index in [0.717, 1.165) is 38.5 Å². The second-order valence-electron chi connectivity index (χ2n) is 22.8. The number of phosphoric ester groups is 1. The fourth-order valence-electron chi connectivity index (χ4n) is 9.63. The molecule has 9 heteroatoms. The third kappa shape index (κ3) is 55.0. The highest BCUT2D eigenvalue weighted by Gasteiger charge is 2.24. The van der Waals surface area contributed by atoms with Gasteiger partial charge in [0.05, 0.1) is 39.9 Å². The largest absolute Gasteiger partial charge is 0.756 e. The average Bonchev–Trinajstić information content (AvgIpc) is 3.32. The first-order chi connectivity index (χ1) is 34.0. The molecule has 0 aromatic carbocycles. The maximum atomic E-state index is 13.0. The number of phosphoric acid groups is 1. The van der Waals surface area contributed by atoms with Gasteiger partial charge < -0.3 is 28.8 Å². The maximum Gasteiger partial charge on any atom is 0.268 e. The summed E-state index contributed by atoms with van der Waals surface area (Å²) >= 11 is 0. The van der Waals surface area contributed by atoms with E-state index in [-0.39, 0.29) is 19.1 Å². The van der Waals surface area contributed by atoms with Gasteiger partial charge in [-0.05, 0) is 38.5 Å². The predicted molar refractivity (Wildman–Crippen MR) is 302 cm³/mol. The van der Waals surface area contributed by atoms with E-state index in [1.54, 1.807) is 0 Å². The van der Waals surface area contributed by atoms with Crippen LogP contribution in [0.2, 0.25) is 0 Å². The van der Waals surface area contributed by atoms with Crippen molar-refractivity contribution in [3.63, 3.8) is 0 Å². The Morgan fingerprint density at radius 3 is 1.11 bits per heavy atom. The Balaban J connectivity index is 4.02. The molecule has 0 aromatic rings. The topological polar surface area (TPSA) is 108 Å². The lowest BCUT2D eigenvalue weighted by Crippen LogP contribution is -2.46. The van der Waals surface area contributed by atoms with Crippen molar-refractivity contribution in [2.75, 3.05) is 40.9 Å². The third-order valence-corrected chi connectivity index (χ3v) is 15.5. The lowest BCUT2D eigenvalue weighted by atomic mass is 10.0. The van der Waals surface area contributed by atoms with Crippen molar-refractivity contribution in [1.82, 2.24) is 5.32 Å². The quantitative estimate of drug-likeness (QED) is 0.0272. The van der Waals surface area contributed by atoms with Gasteiger partial charge in [-0.1, -0.05) is 289 Å². The minimum atomic E-state index is -4.57. The van der Waals surface area contributed by atoms with E-state index in [2.05, 4.69) is 31.3 Å². The van der Waals surface area contributed by atoms with Crippen molar-refractivity contribution >= 4 is 13.7 Å². The molecule has 0 aliphatic rings. The van der Waals surface area contributed by atoms with Gasteiger partial charge in [0.1, 0.15) is 13.2 Å². The zero-order chi connectivity index (χ0) is 51.3. The molecule has 70 heavy (non-hydrogen) atoms. The standard InChI is InChI=1S/C61H123N2O6P/c1-6-8-10-12-14-16-18-20-22-24-25-26-27-28-29-30-31-32-33-34-35-36-37-39-40-42-44-46-48-50-52-54-60(64)59(58-69-70(66,67)68-57-56-63(3,4)5)62-61(65)55-53-51-49-47-45-43-41-38-23-21-19-17-15-13-11-9-7-2/h21,23,59-60,64H,6-20,22,24-58H2,1-5H3,(H-,62,65,66,67)/b23-21-. The van der Waals surface area contributed by atoms with Gasteiger partial charge in [-0.15, -0.1) is 0 Å². The first-order valence-corrected chi connectivity index (χ1v) is 32.5. The molecule has 0 aliphatic carbocycles. The Kier molecular flexibility index (Phi) is 52.5. The molecule has 0 heterocycles. The van der Waals surface area contributed by atoms with E-state index in [0.29, 0.717) is 23.9 Å². The summed E-state index contributed by atoms with van der Waals surface area (Å²) in [5.74, 6) is -0.164. The van der Waals surface area contributed by atoms with Crippen LogP contribution in [0.4, 0.5) is 0 Å². The fraction of sp³-hybridized carbons (Fsp3) is 0.951. The minimum Gasteiger partial charge on any atom is -0.756 e. The molecule has 3 atom stereocenters. The number of carbonyl (C=O) groups excluding carboxylic acids is 1. The molecule has 8 nitrogen and oxygen atoms in total. The number of likely N-dealkylation sites (N-methyl/N-ethyl adjacent to an activating group) is 1. The van der Waals surface area contributed by atoms with E-state index < -0.39 is 20.0 Å². The first kappa shape index (κ1) is 69.2. The van der Waals surface area contributed by atoms with Gasteiger partial charge in [-0.2, -0.15) is 0 Å². The molecule has 2 N–H and O–H groups in total. The summed E-state index contributed by atoms with van der Waals surface area (Å²) < 4.78 is 23.4. The molecule has 0 fully saturated rings. The van der Waals surface area contributed by atoms with Gasteiger partial charge >= 0.3 is 0 Å². The molecule has 0 aliphatic heterocycles. The summed E-state index contributed by atoms with van der Waals surface area (Å²) in [5.41, 5.74) is 0. The number of quaternary nitrogens is 1. The fourth-order valence-corrected chi connectivity index (χ4v) is 10.4. The van der Waals surface area contributed by atoms with Crippen molar-refractivity contribution in [2.45, 2.75) is 334 Å². The Hall–Kier alpha value is -0.760. The van der Waals surface area contributed by atoms with Crippen LogP contribution in [0.3, 0.4) is 0 Å². The highest BCUT2D eigenvalue weighted by molar-refractivity contribution is 7.45. The van der Waals surface area contributed by atoms with Crippen LogP contribution in [-0.2, 0) is 18.4 Å². The number of amides is 1. The molecular weight excluding hydrogens is 888 g/mol. The Morgan fingerprint density at radius 2 is 0.786 bits per heavy atom. The zero-order valence-electron chi connectivity index (χ0n) is 47.8. The van der Waals surface area contributed by atoms with Crippen LogP contribution in [0.5, 0.6) is 0 Å². The Labute approximate surface area is 437 Å². The number of hydrogen-bond acceptors (Lipinski definition) is 6. The number of unbranched alkanes of at least 4 members (excludes halogenated alkanes) is 43. The van der Waals surface area contributed by atoms with Crippen LogP contribution in [0.15, 0.2) is 12.2 Å². The molecule has 3 unspecified atom stereocenters. The smallest absolute Gasteiger partial charge is 0.268 e.